The fourth-order valence-electron chi connectivity index (χ4n) is 2.98. The molecule has 4 aromatic rings. The van der Waals surface area contributed by atoms with E-state index in [0.29, 0.717) is 16.6 Å². The van der Waals surface area contributed by atoms with Crippen LogP contribution in [-0.2, 0) is 15.9 Å². The van der Waals surface area contributed by atoms with E-state index < -0.39 is 15.7 Å². The van der Waals surface area contributed by atoms with E-state index in [1.807, 2.05) is 55.5 Å². The highest BCUT2D eigenvalue weighted by molar-refractivity contribution is 7.98. The Labute approximate surface area is 190 Å². The normalized spacial score (nSPS) is 11.3. The van der Waals surface area contributed by atoms with Crippen molar-refractivity contribution in [2.45, 2.75) is 22.7 Å². The van der Waals surface area contributed by atoms with Crippen molar-refractivity contribution in [1.29, 1.82) is 0 Å². The van der Waals surface area contributed by atoms with Gasteiger partial charge in [-0.3, -0.25) is 9.36 Å². The molecule has 0 amide bonds. The lowest BCUT2D eigenvalue weighted by Gasteiger charge is -2.13. The highest BCUT2D eigenvalue weighted by atomic mass is 32.2. The Bertz CT molecular complexity index is 1370. The van der Waals surface area contributed by atoms with Gasteiger partial charge in [-0.2, -0.15) is 13.4 Å². The number of nitrogens with zero attached hydrogens (tertiary/aromatic N) is 2. The van der Waals surface area contributed by atoms with Crippen molar-refractivity contribution >= 4 is 21.9 Å². The monoisotopic (exact) mass is 464 g/mol. The van der Waals surface area contributed by atoms with Gasteiger partial charge in [0.05, 0.1) is 11.8 Å². The highest BCUT2D eigenvalue weighted by Crippen LogP contribution is 2.25. The predicted molar refractivity (Wildman–Crippen MR) is 125 cm³/mol. The van der Waals surface area contributed by atoms with Crippen molar-refractivity contribution in [3.8, 4) is 11.6 Å². The molecule has 0 spiro atoms. The molecule has 0 N–H and O–H groups in total. The van der Waals surface area contributed by atoms with E-state index in [0.717, 1.165) is 17.2 Å². The molecule has 0 atom stereocenters. The first-order valence-corrected chi connectivity index (χ1v) is 12.2. The molecule has 0 fully saturated rings. The number of rotatable bonds is 7. The third kappa shape index (κ3) is 5.09. The van der Waals surface area contributed by atoms with Crippen molar-refractivity contribution < 1.29 is 12.6 Å². The quantitative estimate of drug-likeness (QED) is 0.226. The fourth-order valence-corrected chi connectivity index (χ4v) is 4.83. The van der Waals surface area contributed by atoms with E-state index in [1.165, 1.54) is 28.5 Å². The van der Waals surface area contributed by atoms with Gasteiger partial charge in [-0.1, -0.05) is 78.0 Å². The lowest BCUT2D eigenvalue weighted by atomic mass is 10.2. The number of thioether (sulfide) groups is 1. The van der Waals surface area contributed by atoms with Crippen LogP contribution >= 0.6 is 11.8 Å². The molecule has 0 bridgehead atoms. The number of benzene rings is 3. The maximum absolute atomic E-state index is 13.0. The second kappa shape index (κ2) is 9.42. The third-order valence-electron chi connectivity index (χ3n) is 4.59. The van der Waals surface area contributed by atoms with Gasteiger partial charge in [-0.25, -0.2) is 0 Å². The van der Waals surface area contributed by atoms with E-state index in [9.17, 15) is 13.2 Å². The number of aryl methyl sites for hydroxylation is 1. The Balaban J connectivity index is 1.72. The minimum absolute atomic E-state index is 0.00405. The van der Waals surface area contributed by atoms with E-state index >= 15 is 0 Å². The maximum atomic E-state index is 13.0. The van der Waals surface area contributed by atoms with Gasteiger partial charge < -0.3 is 4.18 Å². The van der Waals surface area contributed by atoms with Crippen LogP contribution in [0.4, 0.5) is 0 Å². The summed E-state index contributed by atoms with van der Waals surface area (Å²) in [6.45, 7) is 1.86. The molecule has 0 saturated heterocycles. The molecule has 0 aliphatic heterocycles. The van der Waals surface area contributed by atoms with Crippen LogP contribution < -0.4 is 9.74 Å². The van der Waals surface area contributed by atoms with Crippen LogP contribution in [0.2, 0.25) is 0 Å². The first-order valence-electron chi connectivity index (χ1n) is 9.80. The molecule has 162 valence electrons. The zero-order valence-corrected chi connectivity index (χ0v) is 18.8. The second-order valence-corrected chi connectivity index (χ2v) is 9.50. The molecule has 0 aliphatic carbocycles. The number of hydrogen-bond acceptors (Lipinski definition) is 6. The van der Waals surface area contributed by atoms with Crippen molar-refractivity contribution in [1.82, 2.24) is 9.55 Å². The van der Waals surface area contributed by atoms with Crippen LogP contribution in [0.25, 0.3) is 5.69 Å². The maximum Gasteiger partial charge on any atom is 0.340 e. The smallest absolute Gasteiger partial charge is 0.340 e. The van der Waals surface area contributed by atoms with E-state index in [2.05, 4.69) is 4.98 Å². The van der Waals surface area contributed by atoms with Gasteiger partial charge in [-0.05, 0) is 36.8 Å². The largest absolute Gasteiger partial charge is 0.358 e. The van der Waals surface area contributed by atoms with E-state index in [4.69, 9.17) is 4.18 Å². The molecule has 0 aliphatic rings. The Hall–Kier alpha value is -3.36. The summed E-state index contributed by atoms with van der Waals surface area (Å²) < 4.78 is 32.1. The van der Waals surface area contributed by atoms with Crippen LogP contribution in [-0.4, -0.2) is 18.0 Å². The topological polar surface area (TPSA) is 78.3 Å². The van der Waals surface area contributed by atoms with Gasteiger partial charge >= 0.3 is 10.1 Å². The van der Waals surface area contributed by atoms with Gasteiger partial charge in [-0.15, -0.1) is 0 Å². The molecule has 6 nitrogen and oxygen atoms in total. The second-order valence-electron chi connectivity index (χ2n) is 7.01. The lowest BCUT2D eigenvalue weighted by Crippen LogP contribution is -2.22. The zero-order valence-electron chi connectivity index (χ0n) is 17.2. The summed E-state index contributed by atoms with van der Waals surface area (Å²) in [6.07, 6.45) is 0. The SMILES string of the molecule is Cc1ccc(S(=O)(=O)Oc2cc(=O)n(-c3ccccc3)c(SCc3ccccc3)n2)cc1. The summed E-state index contributed by atoms with van der Waals surface area (Å²) in [6, 6.07) is 26.2. The highest BCUT2D eigenvalue weighted by Gasteiger charge is 2.20. The van der Waals surface area contributed by atoms with Gasteiger partial charge in [0.15, 0.2) is 5.16 Å². The van der Waals surface area contributed by atoms with Crippen LogP contribution in [0.3, 0.4) is 0 Å². The fraction of sp³-hybridized carbons (Fsp3) is 0.0833. The Kier molecular flexibility index (Phi) is 6.43. The Morgan fingerprint density at radius 1 is 0.906 bits per heavy atom. The number of aromatic nitrogens is 2. The molecule has 0 unspecified atom stereocenters. The Morgan fingerprint density at radius 2 is 1.53 bits per heavy atom. The molecule has 1 heterocycles. The summed E-state index contributed by atoms with van der Waals surface area (Å²) in [5.41, 5.74) is 2.17. The van der Waals surface area contributed by atoms with Crippen molar-refractivity contribution in [3.05, 3.63) is 112 Å². The first-order chi connectivity index (χ1) is 15.4. The minimum atomic E-state index is -4.13. The number of para-hydroxylation sites is 1. The van der Waals surface area contributed by atoms with Gasteiger partial charge in [0, 0.05) is 5.75 Å². The first kappa shape index (κ1) is 21.9. The minimum Gasteiger partial charge on any atom is -0.358 e. The van der Waals surface area contributed by atoms with Crippen molar-refractivity contribution in [2.24, 2.45) is 0 Å². The average Bonchev–Trinajstić information content (AvgIpc) is 2.79. The third-order valence-corrected chi connectivity index (χ3v) is 6.84. The Morgan fingerprint density at radius 3 is 2.19 bits per heavy atom. The average molecular weight is 465 g/mol. The lowest BCUT2D eigenvalue weighted by molar-refractivity contribution is 0.469. The molecule has 0 radical (unpaired) electrons. The van der Waals surface area contributed by atoms with Crippen LogP contribution in [0, 0.1) is 6.92 Å². The number of hydrogen-bond donors (Lipinski definition) is 0. The zero-order chi connectivity index (χ0) is 22.6. The molecule has 3 aromatic carbocycles. The van der Waals surface area contributed by atoms with Crippen molar-refractivity contribution in [2.75, 3.05) is 0 Å². The summed E-state index contributed by atoms with van der Waals surface area (Å²) in [4.78, 5) is 17.3. The van der Waals surface area contributed by atoms with Crippen LogP contribution in [0.5, 0.6) is 5.88 Å². The molecule has 1 aromatic heterocycles. The van der Waals surface area contributed by atoms with Gasteiger partial charge in [0.1, 0.15) is 4.90 Å². The molecule has 32 heavy (non-hydrogen) atoms. The molecule has 0 saturated carbocycles. The molecular weight excluding hydrogens is 444 g/mol. The summed E-state index contributed by atoms with van der Waals surface area (Å²) in [5, 5.41) is 0.335. The molecule has 8 heteroatoms. The van der Waals surface area contributed by atoms with E-state index in [1.54, 1.807) is 24.3 Å². The van der Waals surface area contributed by atoms with E-state index in [-0.39, 0.29) is 10.8 Å². The van der Waals surface area contributed by atoms with Crippen molar-refractivity contribution in [3.63, 3.8) is 0 Å². The van der Waals surface area contributed by atoms with Gasteiger partial charge in [0.25, 0.3) is 5.56 Å². The summed E-state index contributed by atoms with van der Waals surface area (Å²) in [7, 11) is -4.13. The summed E-state index contributed by atoms with van der Waals surface area (Å²) >= 11 is 1.32. The summed E-state index contributed by atoms with van der Waals surface area (Å²) in [5.74, 6) is 0.284. The predicted octanol–water partition coefficient (Wildman–Crippen LogP) is 4.60. The molecular formula is C24H20N2O4S2. The van der Waals surface area contributed by atoms with Crippen LogP contribution in [0.1, 0.15) is 11.1 Å². The van der Waals surface area contributed by atoms with Crippen LogP contribution in [0.15, 0.2) is 106 Å². The standard InChI is InChI=1S/C24H20N2O4S2/c1-18-12-14-21(15-13-18)32(28,29)30-22-16-23(27)26(20-10-6-3-7-11-20)24(25-22)31-17-19-8-4-2-5-9-19/h2-16H,17H2,1H3. The molecule has 4 rings (SSSR count). The van der Waals surface area contributed by atoms with Gasteiger partial charge in [0.2, 0.25) is 5.88 Å².